The van der Waals surface area contributed by atoms with Gasteiger partial charge >= 0.3 is 12.4 Å². The van der Waals surface area contributed by atoms with Crippen LogP contribution >= 0.6 is 0 Å². The molecule has 0 saturated heterocycles. The van der Waals surface area contributed by atoms with Gasteiger partial charge in [0.2, 0.25) is 0 Å². The molecular formula is C20H12F6N8. The number of rotatable bonds is 4. The van der Waals surface area contributed by atoms with E-state index >= 15 is 0 Å². The number of nitrogens with zero attached hydrogens (tertiary/aromatic N) is 7. The number of aromatic nitrogens is 6. The molecule has 0 unspecified atom stereocenters. The average Bonchev–Trinajstić information content (AvgIpc) is 3.27. The van der Waals surface area contributed by atoms with Crippen molar-refractivity contribution in [2.75, 3.05) is 5.32 Å². The van der Waals surface area contributed by atoms with Gasteiger partial charge < -0.3 is 5.32 Å². The Morgan fingerprint density at radius 3 is 2.35 bits per heavy atom. The molecule has 4 rings (SSSR count). The van der Waals surface area contributed by atoms with Gasteiger partial charge in [-0.25, -0.2) is 19.9 Å². The second kappa shape index (κ2) is 8.25. The van der Waals surface area contributed by atoms with E-state index in [-0.39, 0.29) is 17.7 Å². The smallest absolute Gasteiger partial charge is 0.360 e. The zero-order valence-electron chi connectivity index (χ0n) is 17.0. The van der Waals surface area contributed by atoms with E-state index in [0.29, 0.717) is 17.4 Å². The standard InChI is InChI=1S/C20H12F6N8/c1-10(18-31-9-32-34(18)15-3-2-11(6-27)7-28-15)33-17-13-4-12(19(21,22)23)5-14(20(24,25)26)16(13)29-8-30-17/h2-5,7-10H,1H3,(H,29,30,33)/t10-/m0/s1. The Balaban J connectivity index is 1.77. The largest absolute Gasteiger partial charge is 0.418 e. The maximum atomic E-state index is 13.5. The van der Waals surface area contributed by atoms with Crippen LogP contribution < -0.4 is 5.32 Å². The molecular weight excluding hydrogens is 466 g/mol. The Morgan fingerprint density at radius 1 is 0.971 bits per heavy atom. The third kappa shape index (κ3) is 4.32. The van der Waals surface area contributed by atoms with Crippen molar-refractivity contribution < 1.29 is 26.3 Å². The van der Waals surface area contributed by atoms with Crippen molar-refractivity contribution >= 4 is 16.7 Å². The fourth-order valence-electron chi connectivity index (χ4n) is 3.23. The van der Waals surface area contributed by atoms with Gasteiger partial charge in [0, 0.05) is 11.6 Å². The molecule has 1 N–H and O–H groups in total. The van der Waals surface area contributed by atoms with Gasteiger partial charge in [-0.05, 0) is 31.2 Å². The van der Waals surface area contributed by atoms with Gasteiger partial charge in [-0.15, -0.1) is 0 Å². The minimum absolute atomic E-state index is 0.0236. The van der Waals surface area contributed by atoms with Crippen LogP contribution in [0.4, 0.5) is 32.2 Å². The molecule has 0 radical (unpaired) electrons. The predicted molar refractivity (Wildman–Crippen MR) is 105 cm³/mol. The number of halogens is 6. The highest BCUT2D eigenvalue weighted by atomic mass is 19.4. The minimum atomic E-state index is -5.07. The number of anilines is 1. The molecule has 0 bridgehead atoms. The van der Waals surface area contributed by atoms with Gasteiger partial charge in [0.15, 0.2) is 11.6 Å². The first-order chi connectivity index (χ1) is 16.0. The summed E-state index contributed by atoms with van der Waals surface area (Å²) in [6.07, 6.45) is -6.75. The van der Waals surface area contributed by atoms with E-state index in [2.05, 4.69) is 30.4 Å². The average molecular weight is 478 g/mol. The first-order valence-electron chi connectivity index (χ1n) is 9.45. The zero-order chi connectivity index (χ0) is 24.7. The Morgan fingerprint density at radius 2 is 1.74 bits per heavy atom. The number of hydrogen-bond donors (Lipinski definition) is 1. The summed E-state index contributed by atoms with van der Waals surface area (Å²) in [5.74, 6) is 0.287. The number of benzene rings is 1. The number of alkyl halides is 6. The fraction of sp³-hybridized carbons (Fsp3) is 0.200. The highest BCUT2D eigenvalue weighted by Crippen LogP contribution is 2.40. The van der Waals surface area contributed by atoms with E-state index in [0.717, 1.165) is 6.33 Å². The number of nitrogens with one attached hydrogen (secondary N) is 1. The Kier molecular flexibility index (Phi) is 5.56. The molecule has 3 heterocycles. The quantitative estimate of drug-likeness (QED) is 0.425. The summed E-state index contributed by atoms with van der Waals surface area (Å²) in [6.45, 7) is 1.57. The van der Waals surface area contributed by atoms with E-state index in [4.69, 9.17) is 5.26 Å². The van der Waals surface area contributed by atoms with E-state index < -0.39 is 40.4 Å². The molecule has 0 saturated carbocycles. The van der Waals surface area contributed by atoms with Crippen molar-refractivity contribution in [3.63, 3.8) is 0 Å². The van der Waals surface area contributed by atoms with Crippen molar-refractivity contribution in [3.05, 3.63) is 65.6 Å². The zero-order valence-corrected chi connectivity index (χ0v) is 17.0. The van der Waals surface area contributed by atoms with Crippen LogP contribution in [-0.4, -0.2) is 29.7 Å². The Hall–Kier alpha value is -4.28. The first kappa shape index (κ1) is 22.9. The normalized spacial score (nSPS) is 13.0. The summed E-state index contributed by atoms with van der Waals surface area (Å²) in [4.78, 5) is 15.6. The summed E-state index contributed by atoms with van der Waals surface area (Å²) in [5.41, 5.74) is -3.38. The van der Waals surface area contributed by atoms with Crippen molar-refractivity contribution in [1.82, 2.24) is 29.7 Å². The van der Waals surface area contributed by atoms with Gasteiger partial charge in [-0.2, -0.15) is 41.4 Å². The SMILES string of the molecule is C[C@H](Nc1ncnc2c(C(F)(F)F)cc(C(F)(F)F)cc12)c1ncnn1-c1ccc(C#N)cn1. The van der Waals surface area contributed by atoms with Crippen LogP contribution in [0.5, 0.6) is 0 Å². The number of nitriles is 1. The van der Waals surface area contributed by atoms with Crippen LogP contribution in [0.2, 0.25) is 0 Å². The highest BCUT2D eigenvalue weighted by molar-refractivity contribution is 5.92. The molecule has 8 nitrogen and oxygen atoms in total. The van der Waals surface area contributed by atoms with E-state index in [1.54, 1.807) is 6.92 Å². The summed E-state index contributed by atoms with van der Waals surface area (Å²) >= 11 is 0. The molecule has 0 amide bonds. The van der Waals surface area contributed by atoms with Gasteiger partial charge in [0.25, 0.3) is 0 Å². The third-order valence-electron chi connectivity index (χ3n) is 4.78. The number of fused-ring (bicyclic) bond motifs is 1. The number of pyridine rings is 1. The first-order valence-corrected chi connectivity index (χ1v) is 9.45. The summed E-state index contributed by atoms with van der Waals surface area (Å²) in [5, 5.41) is 15.3. The summed E-state index contributed by atoms with van der Waals surface area (Å²) in [6, 6.07) is 4.74. The van der Waals surface area contributed by atoms with Gasteiger partial charge in [0.1, 0.15) is 24.5 Å². The van der Waals surface area contributed by atoms with E-state index in [1.165, 1.54) is 29.3 Å². The molecule has 0 fully saturated rings. The lowest BCUT2D eigenvalue weighted by Crippen LogP contribution is -2.16. The molecule has 3 aromatic heterocycles. The van der Waals surface area contributed by atoms with Crippen LogP contribution in [0.3, 0.4) is 0 Å². The maximum absolute atomic E-state index is 13.5. The van der Waals surface area contributed by atoms with Crippen molar-refractivity contribution in [2.45, 2.75) is 25.3 Å². The van der Waals surface area contributed by atoms with Gasteiger partial charge in [-0.3, -0.25) is 0 Å². The Bertz CT molecular complexity index is 1390. The van der Waals surface area contributed by atoms with Crippen molar-refractivity contribution in [2.24, 2.45) is 0 Å². The van der Waals surface area contributed by atoms with E-state index in [9.17, 15) is 26.3 Å². The highest BCUT2D eigenvalue weighted by Gasteiger charge is 2.39. The minimum Gasteiger partial charge on any atom is -0.360 e. The third-order valence-corrected chi connectivity index (χ3v) is 4.78. The van der Waals surface area contributed by atoms with Crippen LogP contribution in [0.15, 0.2) is 43.1 Å². The second-order valence-electron chi connectivity index (χ2n) is 7.05. The van der Waals surface area contributed by atoms with Crippen LogP contribution in [0, 0.1) is 11.3 Å². The molecule has 34 heavy (non-hydrogen) atoms. The van der Waals surface area contributed by atoms with Crippen LogP contribution in [0.1, 0.15) is 35.5 Å². The lowest BCUT2D eigenvalue weighted by molar-refractivity contribution is -0.142. The predicted octanol–water partition coefficient (Wildman–Crippen LogP) is 4.69. The lowest BCUT2D eigenvalue weighted by Gasteiger charge is -2.18. The van der Waals surface area contributed by atoms with E-state index in [1.807, 2.05) is 6.07 Å². The second-order valence-corrected chi connectivity index (χ2v) is 7.05. The molecule has 0 aliphatic carbocycles. The number of hydrogen-bond acceptors (Lipinski definition) is 7. The lowest BCUT2D eigenvalue weighted by atomic mass is 10.0. The molecule has 4 aromatic rings. The molecule has 0 spiro atoms. The molecule has 0 aliphatic rings. The maximum Gasteiger partial charge on any atom is 0.418 e. The Labute approximate surface area is 186 Å². The molecule has 1 atom stereocenters. The summed E-state index contributed by atoms with van der Waals surface area (Å²) in [7, 11) is 0. The van der Waals surface area contributed by atoms with Crippen LogP contribution in [0.25, 0.3) is 16.7 Å². The summed E-state index contributed by atoms with van der Waals surface area (Å²) < 4.78 is 81.8. The molecule has 14 heteroatoms. The molecule has 1 aromatic carbocycles. The molecule has 0 aliphatic heterocycles. The van der Waals surface area contributed by atoms with Gasteiger partial charge in [0.05, 0.1) is 28.2 Å². The van der Waals surface area contributed by atoms with Crippen molar-refractivity contribution in [3.8, 4) is 11.9 Å². The fourth-order valence-corrected chi connectivity index (χ4v) is 3.23. The molecule has 174 valence electrons. The van der Waals surface area contributed by atoms with Crippen LogP contribution in [-0.2, 0) is 12.4 Å². The monoisotopic (exact) mass is 478 g/mol. The van der Waals surface area contributed by atoms with Crippen molar-refractivity contribution in [1.29, 1.82) is 5.26 Å². The van der Waals surface area contributed by atoms with Gasteiger partial charge in [-0.1, -0.05) is 0 Å². The topological polar surface area (TPSA) is 105 Å².